The molecule has 0 aliphatic rings. The summed E-state index contributed by atoms with van der Waals surface area (Å²) in [6.07, 6.45) is 2.97. The maximum absolute atomic E-state index is 5.92. The summed E-state index contributed by atoms with van der Waals surface area (Å²) in [5, 5.41) is 9.32. The predicted molar refractivity (Wildman–Crippen MR) is 89.1 cm³/mol. The van der Waals surface area contributed by atoms with E-state index in [1.165, 1.54) is 11.1 Å². The maximum Gasteiger partial charge on any atom is 0.0858 e. The first-order valence-corrected chi connectivity index (χ1v) is 7.77. The Labute approximate surface area is 135 Å². The Bertz CT molecular complexity index is 720. The quantitative estimate of drug-likeness (QED) is 0.702. The minimum Gasteiger partial charge on any atom is -0.248 e. The monoisotopic (exact) mass is 311 g/mol. The van der Waals surface area contributed by atoms with Crippen LogP contribution in [0.4, 0.5) is 0 Å². The highest BCUT2D eigenvalue weighted by Crippen LogP contribution is 2.19. The molecule has 1 atom stereocenters. The minimum absolute atomic E-state index is 0.325. The number of halogens is 1. The zero-order valence-corrected chi connectivity index (χ0v) is 13.2. The topological polar surface area (TPSA) is 30.7 Å². The molecule has 0 spiro atoms. The van der Waals surface area contributed by atoms with Crippen LogP contribution in [0.1, 0.15) is 29.7 Å². The SMILES string of the molecule is CC(Cc1ccc(Cl)cc1)c1cn(Cc2ccccc2)nn1. The van der Waals surface area contributed by atoms with Crippen LogP contribution in [0, 0.1) is 0 Å². The zero-order chi connectivity index (χ0) is 15.4. The number of nitrogens with zero attached hydrogens (tertiary/aromatic N) is 3. The molecule has 3 aromatic rings. The molecule has 0 saturated carbocycles. The molecular weight excluding hydrogens is 294 g/mol. The van der Waals surface area contributed by atoms with Crippen LogP contribution in [0.5, 0.6) is 0 Å². The molecule has 1 unspecified atom stereocenters. The molecule has 112 valence electrons. The van der Waals surface area contributed by atoms with Gasteiger partial charge in [0.1, 0.15) is 0 Å². The van der Waals surface area contributed by atoms with Crippen LogP contribution in [0.25, 0.3) is 0 Å². The first-order valence-electron chi connectivity index (χ1n) is 7.39. The van der Waals surface area contributed by atoms with E-state index >= 15 is 0 Å². The second-order valence-electron chi connectivity index (χ2n) is 5.56. The molecule has 0 N–H and O–H groups in total. The van der Waals surface area contributed by atoms with E-state index in [9.17, 15) is 0 Å². The van der Waals surface area contributed by atoms with E-state index < -0.39 is 0 Å². The van der Waals surface area contributed by atoms with Crippen molar-refractivity contribution in [1.82, 2.24) is 15.0 Å². The molecule has 0 aliphatic carbocycles. The van der Waals surface area contributed by atoms with Gasteiger partial charge in [0.15, 0.2) is 0 Å². The van der Waals surface area contributed by atoms with Crippen LogP contribution >= 0.6 is 11.6 Å². The van der Waals surface area contributed by atoms with E-state index in [2.05, 4.69) is 41.5 Å². The molecule has 0 amide bonds. The fraction of sp³-hybridized carbons (Fsp3) is 0.222. The van der Waals surface area contributed by atoms with Gasteiger partial charge in [-0.05, 0) is 29.7 Å². The summed E-state index contributed by atoms with van der Waals surface area (Å²) in [6, 6.07) is 18.3. The average Bonchev–Trinajstić information content (AvgIpc) is 2.99. The molecule has 3 nitrogen and oxygen atoms in total. The molecule has 1 heterocycles. The third kappa shape index (κ3) is 3.74. The largest absolute Gasteiger partial charge is 0.248 e. The number of rotatable bonds is 5. The van der Waals surface area contributed by atoms with Crippen molar-refractivity contribution in [2.75, 3.05) is 0 Å². The van der Waals surface area contributed by atoms with Crippen molar-refractivity contribution in [2.45, 2.75) is 25.8 Å². The van der Waals surface area contributed by atoms with E-state index in [0.717, 1.165) is 23.7 Å². The van der Waals surface area contributed by atoms with Crippen molar-refractivity contribution in [3.8, 4) is 0 Å². The Morgan fingerprint density at radius 3 is 2.45 bits per heavy atom. The zero-order valence-electron chi connectivity index (χ0n) is 12.5. The number of aromatic nitrogens is 3. The fourth-order valence-corrected chi connectivity index (χ4v) is 2.59. The molecule has 22 heavy (non-hydrogen) atoms. The maximum atomic E-state index is 5.92. The lowest BCUT2D eigenvalue weighted by molar-refractivity contribution is 0.647. The van der Waals surface area contributed by atoms with Crippen LogP contribution in [-0.4, -0.2) is 15.0 Å². The lowest BCUT2D eigenvalue weighted by Gasteiger charge is -2.08. The number of benzene rings is 2. The molecule has 3 rings (SSSR count). The summed E-state index contributed by atoms with van der Waals surface area (Å²) in [5.41, 5.74) is 3.50. The highest BCUT2D eigenvalue weighted by Gasteiger charge is 2.11. The Balaban J connectivity index is 1.66. The number of hydrogen-bond acceptors (Lipinski definition) is 2. The first kappa shape index (κ1) is 14.8. The van der Waals surface area contributed by atoms with Crippen LogP contribution in [0.15, 0.2) is 60.8 Å². The Hall–Kier alpha value is -2.13. The summed E-state index contributed by atoms with van der Waals surface area (Å²) >= 11 is 5.92. The highest BCUT2D eigenvalue weighted by atomic mass is 35.5. The van der Waals surface area contributed by atoms with Gasteiger partial charge in [0, 0.05) is 17.1 Å². The third-order valence-electron chi connectivity index (χ3n) is 3.70. The summed E-state index contributed by atoms with van der Waals surface area (Å²) in [6.45, 7) is 2.92. The lowest BCUT2D eigenvalue weighted by atomic mass is 9.99. The Kier molecular flexibility index (Phi) is 4.54. The Morgan fingerprint density at radius 1 is 1.00 bits per heavy atom. The second-order valence-corrected chi connectivity index (χ2v) is 5.99. The van der Waals surface area contributed by atoms with Gasteiger partial charge < -0.3 is 0 Å². The van der Waals surface area contributed by atoms with Gasteiger partial charge in [-0.1, -0.05) is 66.2 Å². The molecule has 0 saturated heterocycles. The molecule has 2 aromatic carbocycles. The molecule has 0 bridgehead atoms. The van der Waals surface area contributed by atoms with E-state index in [4.69, 9.17) is 11.6 Å². The fourth-order valence-electron chi connectivity index (χ4n) is 2.47. The first-order chi connectivity index (χ1) is 10.7. The summed E-state index contributed by atoms with van der Waals surface area (Å²) in [4.78, 5) is 0. The van der Waals surface area contributed by atoms with Crippen LogP contribution < -0.4 is 0 Å². The average molecular weight is 312 g/mol. The molecule has 0 radical (unpaired) electrons. The molecule has 4 heteroatoms. The van der Waals surface area contributed by atoms with E-state index in [0.29, 0.717) is 5.92 Å². The van der Waals surface area contributed by atoms with E-state index in [1.54, 1.807) is 0 Å². The molecule has 1 aromatic heterocycles. The van der Waals surface area contributed by atoms with Gasteiger partial charge >= 0.3 is 0 Å². The summed E-state index contributed by atoms with van der Waals surface area (Å²) < 4.78 is 1.89. The van der Waals surface area contributed by atoms with Crippen LogP contribution in [0.2, 0.25) is 5.02 Å². The predicted octanol–water partition coefficient (Wildman–Crippen LogP) is 4.33. The van der Waals surface area contributed by atoms with Crippen molar-refractivity contribution in [2.24, 2.45) is 0 Å². The van der Waals surface area contributed by atoms with Crippen molar-refractivity contribution >= 4 is 11.6 Å². The standard InChI is InChI=1S/C18H18ClN3/c1-14(11-15-7-9-17(19)10-8-15)18-13-22(21-20-18)12-16-5-3-2-4-6-16/h2-10,13-14H,11-12H2,1H3. The van der Waals surface area contributed by atoms with Gasteiger partial charge in [-0.15, -0.1) is 5.10 Å². The van der Waals surface area contributed by atoms with Gasteiger partial charge in [-0.25, -0.2) is 4.68 Å². The van der Waals surface area contributed by atoms with Crippen LogP contribution in [-0.2, 0) is 13.0 Å². The normalized spacial score (nSPS) is 12.3. The third-order valence-corrected chi connectivity index (χ3v) is 3.96. The number of hydrogen-bond donors (Lipinski definition) is 0. The van der Waals surface area contributed by atoms with Crippen molar-refractivity contribution < 1.29 is 0 Å². The van der Waals surface area contributed by atoms with E-state index in [1.807, 2.05) is 41.2 Å². The van der Waals surface area contributed by atoms with Crippen LogP contribution in [0.3, 0.4) is 0 Å². The van der Waals surface area contributed by atoms with Gasteiger partial charge in [0.25, 0.3) is 0 Å². The highest BCUT2D eigenvalue weighted by molar-refractivity contribution is 6.30. The minimum atomic E-state index is 0.325. The van der Waals surface area contributed by atoms with Gasteiger partial charge in [-0.2, -0.15) is 0 Å². The van der Waals surface area contributed by atoms with Gasteiger partial charge in [-0.3, -0.25) is 0 Å². The second kappa shape index (κ2) is 6.75. The molecule has 0 aliphatic heterocycles. The summed E-state index contributed by atoms with van der Waals surface area (Å²) in [7, 11) is 0. The molecular formula is C18H18ClN3. The lowest BCUT2D eigenvalue weighted by Crippen LogP contribution is -2.00. The molecule has 0 fully saturated rings. The van der Waals surface area contributed by atoms with Gasteiger partial charge in [0.2, 0.25) is 0 Å². The smallest absolute Gasteiger partial charge is 0.0858 e. The van der Waals surface area contributed by atoms with Crippen molar-refractivity contribution in [3.05, 3.63) is 82.6 Å². The van der Waals surface area contributed by atoms with Gasteiger partial charge in [0.05, 0.1) is 12.2 Å². The summed E-state index contributed by atoms with van der Waals surface area (Å²) in [5.74, 6) is 0.325. The van der Waals surface area contributed by atoms with E-state index in [-0.39, 0.29) is 0 Å². The van der Waals surface area contributed by atoms with Crippen molar-refractivity contribution in [1.29, 1.82) is 0 Å². The van der Waals surface area contributed by atoms with Crippen molar-refractivity contribution in [3.63, 3.8) is 0 Å². The Morgan fingerprint density at radius 2 is 1.73 bits per heavy atom.